The number of aromatic nitrogens is 1. The Labute approximate surface area is 170 Å². The highest BCUT2D eigenvalue weighted by Crippen LogP contribution is 2.28. The molecule has 1 aliphatic rings. The molecule has 0 bridgehead atoms. The van der Waals surface area contributed by atoms with Crippen molar-refractivity contribution in [2.24, 2.45) is 0 Å². The van der Waals surface area contributed by atoms with E-state index in [1.54, 1.807) is 25.9 Å². The van der Waals surface area contributed by atoms with Gasteiger partial charge in [-0.3, -0.25) is 4.79 Å². The molecular weight excluding hydrogens is 396 g/mol. The summed E-state index contributed by atoms with van der Waals surface area (Å²) in [7, 11) is -2.27. The Kier molecular flexibility index (Phi) is 6.13. The van der Waals surface area contributed by atoms with Crippen LogP contribution in [0.15, 0.2) is 33.7 Å². The van der Waals surface area contributed by atoms with Crippen LogP contribution in [0.3, 0.4) is 0 Å². The third kappa shape index (κ3) is 4.38. The Balaban J connectivity index is 1.63. The topological polar surface area (TPSA) is 105 Å². The van der Waals surface area contributed by atoms with Crippen molar-refractivity contribution in [3.8, 4) is 5.75 Å². The van der Waals surface area contributed by atoms with Crippen molar-refractivity contribution in [1.29, 1.82) is 0 Å². The van der Waals surface area contributed by atoms with Gasteiger partial charge in [-0.25, -0.2) is 8.42 Å². The fourth-order valence-electron chi connectivity index (χ4n) is 3.53. The zero-order chi connectivity index (χ0) is 21.2. The van der Waals surface area contributed by atoms with E-state index in [1.807, 2.05) is 24.3 Å². The maximum absolute atomic E-state index is 12.8. The smallest absolute Gasteiger partial charge is 0.246 e. The predicted molar refractivity (Wildman–Crippen MR) is 108 cm³/mol. The molecule has 1 amide bonds. The summed E-state index contributed by atoms with van der Waals surface area (Å²) in [6.07, 6.45) is 0. The molecule has 1 N–H and O–H groups in total. The normalized spacial score (nSPS) is 16.0. The number of hydrogen-bond donors (Lipinski definition) is 1. The van der Waals surface area contributed by atoms with Crippen LogP contribution in [0.2, 0.25) is 0 Å². The monoisotopic (exact) mass is 422 g/mol. The molecule has 2 heterocycles. The van der Waals surface area contributed by atoms with Crippen molar-refractivity contribution in [2.45, 2.75) is 31.7 Å². The molecule has 1 fully saturated rings. The summed E-state index contributed by atoms with van der Waals surface area (Å²) in [6, 6.07) is 6.84. The van der Waals surface area contributed by atoms with Gasteiger partial charge >= 0.3 is 0 Å². The summed E-state index contributed by atoms with van der Waals surface area (Å²) in [5.41, 5.74) is 1.24. The second kappa shape index (κ2) is 8.42. The second-order valence-electron chi connectivity index (χ2n) is 6.98. The van der Waals surface area contributed by atoms with E-state index in [4.69, 9.17) is 9.26 Å². The number of carbonyl (C=O) groups is 1. The summed E-state index contributed by atoms with van der Waals surface area (Å²) < 4.78 is 38.1. The van der Waals surface area contributed by atoms with Gasteiger partial charge in [0.2, 0.25) is 15.9 Å². The lowest BCUT2D eigenvalue weighted by Gasteiger charge is -2.37. The molecule has 10 heteroatoms. The second-order valence-corrected chi connectivity index (χ2v) is 8.63. The van der Waals surface area contributed by atoms with Crippen LogP contribution in [0.25, 0.3) is 0 Å². The highest BCUT2D eigenvalue weighted by Gasteiger charge is 2.31. The van der Waals surface area contributed by atoms with Crippen molar-refractivity contribution >= 4 is 21.6 Å². The van der Waals surface area contributed by atoms with Crippen LogP contribution in [-0.2, 0) is 14.8 Å². The molecule has 0 saturated carbocycles. The van der Waals surface area contributed by atoms with E-state index in [-0.39, 0.29) is 22.3 Å². The molecule has 0 aliphatic carbocycles. The predicted octanol–water partition coefficient (Wildman–Crippen LogP) is 1.32. The number of amides is 1. The Bertz CT molecular complexity index is 961. The van der Waals surface area contributed by atoms with Gasteiger partial charge in [0.05, 0.1) is 18.8 Å². The Morgan fingerprint density at radius 2 is 1.86 bits per heavy atom. The quantitative estimate of drug-likeness (QED) is 0.748. The van der Waals surface area contributed by atoms with Gasteiger partial charge in [0.25, 0.3) is 0 Å². The molecule has 29 heavy (non-hydrogen) atoms. The van der Waals surface area contributed by atoms with E-state index in [0.717, 1.165) is 11.4 Å². The van der Waals surface area contributed by atoms with Crippen molar-refractivity contribution < 1.29 is 22.5 Å². The van der Waals surface area contributed by atoms with Crippen LogP contribution in [0.5, 0.6) is 5.75 Å². The SMILES string of the molecule is COc1ccccc1N1CCN(C(=O)[C@H](C)NS(=O)(=O)c2c(C)noc2C)CC1. The molecule has 0 radical (unpaired) electrons. The summed E-state index contributed by atoms with van der Waals surface area (Å²) in [5.74, 6) is 0.716. The van der Waals surface area contributed by atoms with Crippen molar-refractivity contribution in [2.75, 3.05) is 38.2 Å². The van der Waals surface area contributed by atoms with Gasteiger partial charge in [-0.2, -0.15) is 4.72 Å². The van der Waals surface area contributed by atoms with Crippen LogP contribution >= 0.6 is 0 Å². The largest absolute Gasteiger partial charge is 0.495 e. The molecule has 1 saturated heterocycles. The standard InChI is InChI=1S/C19H26N4O5S/c1-13-18(15(3)28-20-13)29(25,26)21-14(2)19(24)23-11-9-22(10-12-23)16-7-5-6-8-17(16)27-4/h5-8,14,21H,9-12H2,1-4H3/t14-/m0/s1. The van der Waals surface area contributed by atoms with E-state index in [0.29, 0.717) is 26.2 Å². The summed E-state index contributed by atoms with van der Waals surface area (Å²) in [4.78, 5) is 16.6. The van der Waals surface area contributed by atoms with E-state index in [2.05, 4.69) is 14.8 Å². The zero-order valence-corrected chi connectivity index (χ0v) is 17.8. The summed E-state index contributed by atoms with van der Waals surface area (Å²) >= 11 is 0. The van der Waals surface area contributed by atoms with Crippen LogP contribution in [0.1, 0.15) is 18.4 Å². The Morgan fingerprint density at radius 1 is 1.21 bits per heavy atom. The average Bonchev–Trinajstić information content (AvgIpc) is 3.06. The zero-order valence-electron chi connectivity index (χ0n) is 17.0. The molecule has 1 atom stereocenters. The number of methoxy groups -OCH3 is 1. The number of aryl methyl sites for hydroxylation is 2. The lowest BCUT2D eigenvalue weighted by atomic mass is 10.2. The van der Waals surface area contributed by atoms with Crippen molar-refractivity contribution in [3.05, 3.63) is 35.7 Å². The van der Waals surface area contributed by atoms with Gasteiger partial charge in [-0.1, -0.05) is 17.3 Å². The number of carbonyl (C=O) groups excluding carboxylic acids is 1. The van der Waals surface area contributed by atoms with E-state index < -0.39 is 16.1 Å². The molecule has 2 aromatic rings. The minimum Gasteiger partial charge on any atom is -0.495 e. The van der Waals surface area contributed by atoms with Gasteiger partial charge < -0.3 is 19.1 Å². The first-order valence-corrected chi connectivity index (χ1v) is 10.8. The van der Waals surface area contributed by atoms with E-state index >= 15 is 0 Å². The van der Waals surface area contributed by atoms with Gasteiger partial charge in [-0.05, 0) is 32.9 Å². The number of hydrogen-bond acceptors (Lipinski definition) is 7. The molecule has 1 aromatic heterocycles. The number of nitrogens with one attached hydrogen (secondary N) is 1. The van der Waals surface area contributed by atoms with Crippen LogP contribution < -0.4 is 14.4 Å². The number of benzene rings is 1. The average molecular weight is 423 g/mol. The molecule has 3 rings (SSSR count). The fourth-order valence-corrected chi connectivity index (χ4v) is 5.06. The number of para-hydroxylation sites is 2. The number of sulfonamides is 1. The van der Waals surface area contributed by atoms with Gasteiger partial charge in [0.15, 0.2) is 5.76 Å². The van der Waals surface area contributed by atoms with Crippen molar-refractivity contribution in [1.82, 2.24) is 14.8 Å². The third-order valence-electron chi connectivity index (χ3n) is 4.96. The van der Waals surface area contributed by atoms with Crippen molar-refractivity contribution in [3.63, 3.8) is 0 Å². The number of nitrogens with zero attached hydrogens (tertiary/aromatic N) is 3. The molecule has 1 aromatic carbocycles. The minimum atomic E-state index is -3.90. The molecule has 9 nitrogen and oxygen atoms in total. The highest BCUT2D eigenvalue weighted by molar-refractivity contribution is 7.89. The third-order valence-corrected chi connectivity index (χ3v) is 6.74. The van der Waals surface area contributed by atoms with Crippen LogP contribution in [0.4, 0.5) is 5.69 Å². The van der Waals surface area contributed by atoms with Gasteiger partial charge in [0.1, 0.15) is 16.3 Å². The Hall–Kier alpha value is -2.59. The van der Waals surface area contributed by atoms with E-state index in [1.165, 1.54) is 6.92 Å². The number of piperazine rings is 1. The lowest BCUT2D eigenvalue weighted by molar-refractivity contribution is -0.132. The molecule has 0 spiro atoms. The Morgan fingerprint density at radius 3 is 2.45 bits per heavy atom. The number of anilines is 1. The summed E-state index contributed by atoms with van der Waals surface area (Å²) in [6.45, 7) is 6.88. The van der Waals surface area contributed by atoms with Gasteiger partial charge in [-0.15, -0.1) is 0 Å². The van der Waals surface area contributed by atoms with E-state index in [9.17, 15) is 13.2 Å². The molecule has 0 unspecified atom stereocenters. The number of rotatable bonds is 6. The first kappa shape index (κ1) is 21.1. The maximum atomic E-state index is 12.8. The highest BCUT2D eigenvalue weighted by atomic mass is 32.2. The first-order chi connectivity index (χ1) is 13.7. The lowest BCUT2D eigenvalue weighted by Crippen LogP contribution is -2.54. The van der Waals surface area contributed by atoms with Gasteiger partial charge in [0, 0.05) is 26.2 Å². The summed E-state index contributed by atoms with van der Waals surface area (Å²) in [5, 5.41) is 3.67. The number of ether oxygens (including phenoxy) is 1. The van der Waals surface area contributed by atoms with Crippen LogP contribution in [-0.4, -0.2) is 63.7 Å². The molecule has 158 valence electrons. The molecule has 1 aliphatic heterocycles. The fraction of sp³-hybridized carbons (Fsp3) is 0.474. The maximum Gasteiger partial charge on any atom is 0.246 e. The molecular formula is C19H26N4O5S. The minimum absolute atomic E-state index is 0.0156. The first-order valence-electron chi connectivity index (χ1n) is 9.36. The van der Waals surface area contributed by atoms with Crippen LogP contribution in [0, 0.1) is 13.8 Å².